The molecule has 152 valence electrons. The molecule has 0 amide bonds. The van der Waals surface area contributed by atoms with Gasteiger partial charge in [0.25, 0.3) is 0 Å². The molecule has 3 aromatic rings. The van der Waals surface area contributed by atoms with Crippen molar-refractivity contribution >= 4 is 33.2 Å². The van der Waals surface area contributed by atoms with Crippen molar-refractivity contribution in [2.24, 2.45) is 5.41 Å². The number of hydrogen-bond donors (Lipinski definition) is 1. The molecule has 9 heteroatoms. The third kappa shape index (κ3) is 3.75. The van der Waals surface area contributed by atoms with Crippen LogP contribution >= 0.6 is 11.3 Å². The Bertz CT molecular complexity index is 1010. The average Bonchev–Trinajstić information content (AvgIpc) is 3.24. The maximum Gasteiger partial charge on any atom is 0.393 e. The van der Waals surface area contributed by atoms with E-state index in [-0.39, 0.29) is 10.3 Å². The van der Waals surface area contributed by atoms with Gasteiger partial charge in [0.1, 0.15) is 22.8 Å². The number of hydrogen-bond acceptors (Lipinski definition) is 6. The summed E-state index contributed by atoms with van der Waals surface area (Å²) in [7, 11) is 0. The third-order valence-corrected chi connectivity index (χ3v) is 6.89. The van der Waals surface area contributed by atoms with Crippen LogP contribution in [0.3, 0.4) is 0 Å². The van der Waals surface area contributed by atoms with E-state index in [2.05, 4.69) is 25.2 Å². The fourth-order valence-electron chi connectivity index (χ4n) is 4.62. The van der Waals surface area contributed by atoms with Crippen molar-refractivity contribution in [1.82, 2.24) is 15.0 Å². The van der Waals surface area contributed by atoms with Crippen molar-refractivity contribution in [1.29, 1.82) is 0 Å². The van der Waals surface area contributed by atoms with E-state index in [4.69, 9.17) is 0 Å². The largest absolute Gasteiger partial charge is 0.393 e. The molecule has 1 aliphatic heterocycles. The molecule has 1 aliphatic carbocycles. The van der Waals surface area contributed by atoms with Gasteiger partial charge in [-0.25, -0.2) is 15.0 Å². The van der Waals surface area contributed by atoms with E-state index in [9.17, 15) is 13.2 Å². The topological polar surface area (TPSA) is 53.9 Å². The molecule has 1 saturated heterocycles. The zero-order valence-corrected chi connectivity index (χ0v) is 16.4. The number of nitrogens with zero attached hydrogens (tertiary/aromatic N) is 4. The molecule has 5 nitrogen and oxygen atoms in total. The second kappa shape index (κ2) is 6.83. The van der Waals surface area contributed by atoms with Crippen LogP contribution in [0.5, 0.6) is 0 Å². The van der Waals surface area contributed by atoms with Gasteiger partial charge in [0.15, 0.2) is 0 Å². The fraction of sp³-hybridized carbons (Fsp3) is 0.450. The highest BCUT2D eigenvalue weighted by Crippen LogP contribution is 2.50. The Balaban J connectivity index is 1.29. The molecule has 5 rings (SSSR count). The molecule has 0 bridgehead atoms. The van der Waals surface area contributed by atoms with Crippen molar-refractivity contribution in [3.8, 4) is 0 Å². The summed E-state index contributed by atoms with van der Waals surface area (Å²) in [6, 6.07) is 7.86. The Kier molecular flexibility index (Phi) is 4.38. The molecule has 0 radical (unpaired) electrons. The van der Waals surface area contributed by atoms with Crippen LogP contribution in [0.1, 0.15) is 24.1 Å². The van der Waals surface area contributed by atoms with Gasteiger partial charge in [0, 0.05) is 30.2 Å². The zero-order valence-electron chi connectivity index (χ0n) is 15.6. The minimum absolute atomic E-state index is 0.245. The molecule has 4 heterocycles. The summed E-state index contributed by atoms with van der Waals surface area (Å²) in [6.07, 6.45) is 1.31. The van der Waals surface area contributed by atoms with E-state index in [1.807, 2.05) is 18.2 Å². The Morgan fingerprint density at radius 2 is 2.07 bits per heavy atom. The van der Waals surface area contributed by atoms with Crippen LogP contribution in [0.4, 0.5) is 24.8 Å². The molecule has 2 fully saturated rings. The summed E-state index contributed by atoms with van der Waals surface area (Å²) in [6.45, 7) is 1.75. The predicted octanol–water partition coefficient (Wildman–Crippen LogP) is 4.66. The fourth-order valence-corrected chi connectivity index (χ4v) is 5.64. The minimum atomic E-state index is -4.21. The Hall–Kier alpha value is -2.42. The van der Waals surface area contributed by atoms with Gasteiger partial charge in [-0.2, -0.15) is 13.2 Å². The van der Waals surface area contributed by atoms with Crippen molar-refractivity contribution < 1.29 is 13.2 Å². The third-order valence-electron chi connectivity index (χ3n) is 5.85. The van der Waals surface area contributed by atoms with Gasteiger partial charge in [-0.1, -0.05) is 6.07 Å². The number of pyridine rings is 1. The van der Waals surface area contributed by atoms with Crippen molar-refractivity contribution in [2.75, 3.05) is 23.3 Å². The molecular weight excluding hydrogens is 399 g/mol. The first-order valence-corrected chi connectivity index (χ1v) is 10.4. The van der Waals surface area contributed by atoms with Crippen molar-refractivity contribution in [3.05, 3.63) is 41.7 Å². The predicted molar refractivity (Wildman–Crippen MR) is 107 cm³/mol. The Morgan fingerprint density at radius 1 is 1.21 bits per heavy atom. The van der Waals surface area contributed by atoms with Crippen molar-refractivity contribution in [3.63, 3.8) is 0 Å². The molecule has 1 spiro atoms. The van der Waals surface area contributed by atoms with Gasteiger partial charge in [0.2, 0.25) is 0 Å². The first-order valence-electron chi connectivity index (χ1n) is 9.62. The van der Waals surface area contributed by atoms with E-state index in [0.29, 0.717) is 10.9 Å². The summed E-state index contributed by atoms with van der Waals surface area (Å²) in [4.78, 5) is 16.1. The summed E-state index contributed by atoms with van der Waals surface area (Å²) in [5.74, 6) is 1.66. The number of alkyl halides is 3. The second-order valence-corrected chi connectivity index (χ2v) is 9.17. The molecule has 3 aromatic heterocycles. The lowest BCUT2D eigenvalue weighted by Gasteiger charge is -2.45. The first kappa shape index (κ1) is 18.6. The molecule has 0 aromatic carbocycles. The highest BCUT2D eigenvalue weighted by Gasteiger charge is 2.49. The number of thiophene rings is 1. The van der Waals surface area contributed by atoms with Gasteiger partial charge in [-0.05, 0) is 42.9 Å². The number of rotatable bonds is 4. The standard InChI is InChI=1S/C20H20F3N5S/c21-20(22,23)10-14-7-15-17(25-12-26-18(15)29-14)28-6-4-19(11-28)8-13(9-19)27-16-3-1-2-5-24-16/h1-3,5,7,12-13H,4,6,8-11H2,(H,24,27). The molecule has 0 atom stereocenters. The molecule has 0 unspecified atom stereocenters. The van der Waals surface area contributed by atoms with Crippen LogP contribution in [-0.2, 0) is 6.42 Å². The van der Waals surface area contributed by atoms with E-state index < -0.39 is 12.6 Å². The van der Waals surface area contributed by atoms with Crippen LogP contribution in [-0.4, -0.2) is 40.3 Å². The normalized spacial score (nSPS) is 24.2. The molecule has 29 heavy (non-hydrogen) atoms. The summed E-state index contributed by atoms with van der Waals surface area (Å²) < 4.78 is 38.3. The summed E-state index contributed by atoms with van der Waals surface area (Å²) >= 11 is 1.10. The van der Waals surface area contributed by atoms with Gasteiger partial charge in [-0.3, -0.25) is 0 Å². The average molecular weight is 419 g/mol. The van der Waals surface area contributed by atoms with E-state index >= 15 is 0 Å². The van der Waals surface area contributed by atoms with Crippen LogP contribution < -0.4 is 10.2 Å². The number of nitrogens with one attached hydrogen (secondary N) is 1. The lowest BCUT2D eigenvalue weighted by Crippen LogP contribution is -2.47. The van der Waals surface area contributed by atoms with E-state index in [0.717, 1.165) is 60.7 Å². The lowest BCUT2D eigenvalue weighted by molar-refractivity contribution is -0.126. The number of anilines is 2. The molecule has 1 saturated carbocycles. The highest BCUT2D eigenvalue weighted by atomic mass is 32.1. The smallest absolute Gasteiger partial charge is 0.367 e. The van der Waals surface area contributed by atoms with Crippen LogP contribution in [0.15, 0.2) is 36.8 Å². The number of aromatic nitrogens is 3. The van der Waals surface area contributed by atoms with Crippen LogP contribution in [0.2, 0.25) is 0 Å². The van der Waals surface area contributed by atoms with Gasteiger partial charge in [-0.15, -0.1) is 11.3 Å². The first-order chi connectivity index (χ1) is 13.9. The van der Waals surface area contributed by atoms with Gasteiger partial charge in [0.05, 0.1) is 11.8 Å². The lowest BCUT2D eigenvalue weighted by atomic mass is 9.65. The maximum absolute atomic E-state index is 12.8. The van der Waals surface area contributed by atoms with Crippen LogP contribution in [0.25, 0.3) is 10.2 Å². The quantitative estimate of drug-likeness (QED) is 0.667. The zero-order chi connectivity index (χ0) is 20.1. The van der Waals surface area contributed by atoms with Gasteiger partial charge < -0.3 is 10.2 Å². The van der Waals surface area contributed by atoms with Crippen LogP contribution in [0, 0.1) is 5.41 Å². The second-order valence-electron chi connectivity index (χ2n) is 8.06. The summed E-state index contributed by atoms with van der Waals surface area (Å²) in [5.41, 5.74) is 0.245. The Morgan fingerprint density at radius 3 is 2.83 bits per heavy atom. The van der Waals surface area contributed by atoms with Crippen molar-refractivity contribution in [2.45, 2.75) is 37.9 Å². The Labute approximate surface area is 170 Å². The molecular formula is C20H20F3N5S. The highest BCUT2D eigenvalue weighted by molar-refractivity contribution is 7.18. The maximum atomic E-state index is 12.8. The molecule has 1 N–H and O–H groups in total. The van der Waals surface area contributed by atoms with E-state index in [1.54, 1.807) is 12.3 Å². The minimum Gasteiger partial charge on any atom is -0.367 e. The summed E-state index contributed by atoms with van der Waals surface area (Å²) in [5, 5.41) is 4.21. The monoisotopic (exact) mass is 419 g/mol. The number of halogens is 3. The molecule has 2 aliphatic rings. The number of fused-ring (bicyclic) bond motifs is 1. The van der Waals surface area contributed by atoms with Gasteiger partial charge >= 0.3 is 6.18 Å². The SMILES string of the molecule is FC(F)(F)Cc1cc2c(N3CCC4(CC(Nc5ccccn5)C4)C3)ncnc2s1. The van der Waals surface area contributed by atoms with E-state index in [1.165, 1.54) is 6.33 Å².